The van der Waals surface area contributed by atoms with Gasteiger partial charge in [0.25, 0.3) is 0 Å². The summed E-state index contributed by atoms with van der Waals surface area (Å²) in [6, 6.07) is 25.1. The molecule has 0 amide bonds. The van der Waals surface area contributed by atoms with Crippen molar-refractivity contribution < 1.29 is 0 Å². The van der Waals surface area contributed by atoms with E-state index < -0.39 is 0 Å². The molecule has 122 valence electrons. The summed E-state index contributed by atoms with van der Waals surface area (Å²) < 4.78 is 0. The van der Waals surface area contributed by atoms with Crippen LogP contribution in [-0.2, 0) is 0 Å². The van der Waals surface area contributed by atoms with E-state index in [2.05, 4.69) is 84.5 Å². The van der Waals surface area contributed by atoms with Crippen molar-refractivity contribution >= 4 is 28.9 Å². The third-order valence-corrected chi connectivity index (χ3v) is 4.52. The first-order chi connectivity index (χ1) is 12.2. The quantitative estimate of drug-likeness (QED) is 0.582. The zero-order valence-corrected chi connectivity index (χ0v) is 14.2. The van der Waals surface area contributed by atoms with Crippen LogP contribution in [0.3, 0.4) is 0 Å². The minimum atomic E-state index is 1.01. The topological polar surface area (TPSA) is 27.8 Å². The molecule has 2 N–H and O–H groups in total. The highest BCUT2D eigenvalue weighted by Gasteiger charge is 2.07. The number of hydrogen-bond acceptors (Lipinski definition) is 1. The summed E-state index contributed by atoms with van der Waals surface area (Å²) >= 11 is 0. The number of rotatable bonds is 3. The monoisotopic (exact) mass is 324 g/mol. The Hall–Kier alpha value is -3.26. The summed E-state index contributed by atoms with van der Waals surface area (Å²) in [5, 5.41) is 6.96. The Bertz CT molecular complexity index is 1150. The fourth-order valence-electron chi connectivity index (χ4n) is 3.17. The van der Waals surface area contributed by atoms with Gasteiger partial charge in [-0.25, -0.2) is 0 Å². The number of hydrogen-bond donors (Lipinski definition) is 2. The van der Waals surface area contributed by atoms with Crippen molar-refractivity contribution in [1.29, 1.82) is 0 Å². The molecule has 1 aromatic heterocycles. The molecule has 0 atom stereocenters. The molecule has 0 bridgehead atoms. The number of aromatic amines is 1. The second-order valence-corrected chi connectivity index (χ2v) is 6.25. The maximum absolute atomic E-state index is 4.21. The van der Waals surface area contributed by atoms with Crippen LogP contribution in [0.2, 0.25) is 0 Å². The second kappa shape index (κ2) is 6.33. The summed E-state index contributed by atoms with van der Waals surface area (Å²) in [5.41, 5.74) is 5.71. The van der Waals surface area contributed by atoms with Gasteiger partial charge in [-0.15, -0.1) is 0 Å². The van der Waals surface area contributed by atoms with Gasteiger partial charge in [0.05, 0.1) is 5.70 Å². The number of aromatic nitrogens is 1. The summed E-state index contributed by atoms with van der Waals surface area (Å²) in [5.74, 6) is 0. The predicted octanol–water partition coefficient (Wildman–Crippen LogP) is 4.16. The standard InChI is InChI=1S/C23H20N2/c1-16-7-3-5-9-20(16)23(21-10-6-4-8-17(21)2)25-19-11-12-22-18(15-19)13-14-24-22/h3-15,24-25H,1H2,2H3/b23-20+. The van der Waals surface area contributed by atoms with E-state index in [0.29, 0.717) is 0 Å². The first-order valence-electron chi connectivity index (χ1n) is 8.41. The maximum Gasteiger partial charge on any atom is 0.0539 e. The largest absolute Gasteiger partial charge is 0.361 e. The van der Waals surface area contributed by atoms with Crippen LogP contribution in [0.25, 0.3) is 23.2 Å². The van der Waals surface area contributed by atoms with Crippen LogP contribution < -0.4 is 15.8 Å². The van der Waals surface area contributed by atoms with Crippen LogP contribution in [0.15, 0.2) is 79.0 Å². The predicted molar refractivity (Wildman–Crippen MR) is 107 cm³/mol. The van der Waals surface area contributed by atoms with Gasteiger partial charge in [0.2, 0.25) is 0 Å². The first kappa shape index (κ1) is 15.3. The first-order valence-corrected chi connectivity index (χ1v) is 8.41. The fraction of sp³-hybridized carbons (Fsp3) is 0.0435. The van der Waals surface area contributed by atoms with Gasteiger partial charge < -0.3 is 10.3 Å². The molecule has 0 unspecified atom stereocenters. The number of benzene rings is 3. The molecule has 0 spiro atoms. The van der Waals surface area contributed by atoms with Gasteiger partial charge in [-0.2, -0.15) is 0 Å². The van der Waals surface area contributed by atoms with E-state index >= 15 is 0 Å². The number of fused-ring (bicyclic) bond motifs is 1. The summed E-state index contributed by atoms with van der Waals surface area (Å²) in [4.78, 5) is 3.24. The Kier molecular flexibility index (Phi) is 3.87. The number of nitrogens with one attached hydrogen (secondary N) is 2. The third kappa shape index (κ3) is 2.94. The molecular formula is C23H20N2. The van der Waals surface area contributed by atoms with Gasteiger partial charge in [0.15, 0.2) is 0 Å². The number of anilines is 1. The number of aryl methyl sites for hydroxylation is 1. The Morgan fingerprint density at radius 2 is 1.72 bits per heavy atom. The van der Waals surface area contributed by atoms with Gasteiger partial charge in [0, 0.05) is 33.6 Å². The molecule has 4 aromatic rings. The molecular weight excluding hydrogens is 304 g/mol. The molecule has 1 heterocycles. The lowest BCUT2D eigenvalue weighted by Crippen LogP contribution is -2.28. The summed E-state index contributed by atoms with van der Waals surface area (Å²) in [6.07, 6.45) is 1.96. The van der Waals surface area contributed by atoms with Crippen molar-refractivity contribution in [2.75, 3.05) is 5.32 Å². The van der Waals surface area contributed by atoms with E-state index in [1.165, 1.54) is 16.5 Å². The smallest absolute Gasteiger partial charge is 0.0539 e. The van der Waals surface area contributed by atoms with Crippen LogP contribution in [-0.4, -0.2) is 4.98 Å². The molecule has 0 aliphatic rings. The van der Waals surface area contributed by atoms with Crippen molar-refractivity contribution in [2.24, 2.45) is 0 Å². The molecule has 2 nitrogen and oxygen atoms in total. The van der Waals surface area contributed by atoms with E-state index in [0.717, 1.165) is 27.3 Å². The van der Waals surface area contributed by atoms with Gasteiger partial charge in [-0.3, -0.25) is 0 Å². The molecule has 0 aliphatic carbocycles. The average Bonchev–Trinajstić information content (AvgIpc) is 3.09. The summed E-state index contributed by atoms with van der Waals surface area (Å²) in [6.45, 7) is 6.35. The van der Waals surface area contributed by atoms with Crippen molar-refractivity contribution in [3.8, 4) is 0 Å². The van der Waals surface area contributed by atoms with Crippen molar-refractivity contribution in [2.45, 2.75) is 6.92 Å². The maximum atomic E-state index is 4.21. The Balaban J connectivity index is 1.93. The van der Waals surface area contributed by atoms with Crippen LogP contribution in [0.5, 0.6) is 0 Å². The van der Waals surface area contributed by atoms with E-state index in [1.807, 2.05) is 18.3 Å². The van der Waals surface area contributed by atoms with Crippen LogP contribution in [0, 0.1) is 6.92 Å². The fourth-order valence-corrected chi connectivity index (χ4v) is 3.17. The van der Waals surface area contributed by atoms with Crippen molar-refractivity contribution in [3.63, 3.8) is 0 Å². The van der Waals surface area contributed by atoms with E-state index in [1.54, 1.807) is 0 Å². The van der Waals surface area contributed by atoms with Crippen LogP contribution in [0.4, 0.5) is 5.69 Å². The summed E-state index contributed by atoms with van der Waals surface area (Å²) in [7, 11) is 0. The molecule has 3 aromatic carbocycles. The van der Waals surface area contributed by atoms with Crippen molar-refractivity contribution in [3.05, 3.63) is 101 Å². The molecule has 0 radical (unpaired) electrons. The molecule has 25 heavy (non-hydrogen) atoms. The van der Waals surface area contributed by atoms with Crippen LogP contribution in [0.1, 0.15) is 11.1 Å². The lowest BCUT2D eigenvalue weighted by atomic mass is 10.0. The molecule has 0 aliphatic heterocycles. The Labute approximate surface area is 147 Å². The molecule has 4 rings (SSSR count). The van der Waals surface area contributed by atoms with Gasteiger partial charge in [0.1, 0.15) is 0 Å². The normalized spacial score (nSPS) is 12.2. The number of H-pyrrole nitrogens is 1. The third-order valence-electron chi connectivity index (χ3n) is 4.52. The molecule has 0 saturated carbocycles. The zero-order chi connectivity index (χ0) is 17.2. The SMILES string of the molecule is C=c1cccc/c1=C(\Nc1ccc2[nH]ccc2c1)c1ccccc1C. The zero-order valence-electron chi connectivity index (χ0n) is 14.2. The molecule has 0 fully saturated rings. The average molecular weight is 324 g/mol. The minimum absolute atomic E-state index is 1.01. The highest BCUT2D eigenvalue weighted by Crippen LogP contribution is 2.22. The molecule has 0 saturated heterocycles. The Morgan fingerprint density at radius 3 is 2.56 bits per heavy atom. The van der Waals surface area contributed by atoms with Crippen molar-refractivity contribution in [1.82, 2.24) is 4.98 Å². The Morgan fingerprint density at radius 1 is 0.920 bits per heavy atom. The van der Waals surface area contributed by atoms with Gasteiger partial charge >= 0.3 is 0 Å². The van der Waals surface area contributed by atoms with E-state index in [4.69, 9.17) is 0 Å². The van der Waals surface area contributed by atoms with E-state index in [9.17, 15) is 0 Å². The minimum Gasteiger partial charge on any atom is -0.361 e. The molecule has 2 heteroatoms. The van der Waals surface area contributed by atoms with Crippen LogP contribution >= 0.6 is 0 Å². The highest BCUT2D eigenvalue weighted by atomic mass is 14.9. The second-order valence-electron chi connectivity index (χ2n) is 6.25. The highest BCUT2D eigenvalue weighted by molar-refractivity contribution is 5.86. The van der Waals surface area contributed by atoms with Gasteiger partial charge in [-0.05, 0) is 42.0 Å². The lowest BCUT2D eigenvalue weighted by Gasteiger charge is -2.15. The lowest BCUT2D eigenvalue weighted by molar-refractivity contribution is 1.37. The van der Waals surface area contributed by atoms with Gasteiger partial charge in [-0.1, -0.05) is 55.1 Å². The van der Waals surface area contributed by atoms with E-state index in [-0.39, 0.29) is 0 Å².